The first-order chi connectivity index (χ1) is 8.38. The summed E-state index contributed by atoms with van der Waals surface area (Å²) < 4.78 is 42.2. The first kappa shape index (κ1) is 12.6. The lowest BCUT2D eigenvalue weighted by Crippen LogP contribution is -2.03. The van der Waals surface area contributed by atoms with Crippen LogP contribution < -0.4 is 10.5 Å². The van der Waals surface area contributed by atoms with E-state index >= 15 is 0 Å². The van der Waals surface area contributed by atoms with E-state index in [0.717, 1.165) is 0 Å². The first-order valence-corrected chi connectivity index (χ1v) is 5.63. The van der Waals surface area contributed by atoms with Gasteiger partial charge in [-0.1, -0.05) is 28.6 Å². The maximum Gasteiger partial charge on any atom is 0.445 e. The number of halogens is 3. The minimum atomic E-state index is -4.52. The Bertz CT molecular complexity index is 547. The van der Waals surface area contributed by atoms with Crippen molar-refractivity contribution < 1.29 is 17.9 Å². The molecule has 1 heterocycles. The molecule has 0 spiro atoms. The molecule has 0 fully saturated rings. The van der Waals surface area contributed by atoms with Gasteiger partial charge in [-0.3, -0.25) is 0 Å². The molecule has 1 aromatic carbocycles. The van der Waals surface area contributed by atoms with Crippen LogP contribution in [0, 0.1) is 6.92 Å². The van der Waals surface area contributed by atoms with E-state index in [2.05, 4.69) is 10.2 Å². The van der Waals surface area contributed by atoms with E-state index < -0.39 is 11.2 Å². The van der Waals surface area contributed by atoms with Crippen LogP contribution in [0.4, 0.5) is 18.9 Å². The summed E-state index contributed by atoms with van der Waals surface area (Å²) in [7, 11) is 0. The average molecular weight is 275 g/mol. The Morgan fingerprint density at radius 3 is 2.56 bits per heavy atom. The van der Waals surface area contributed by atoms with Crippen molar-refractivity contribution >= 4 is 17.0 Å². The number of nitrogens with zero attached hydrogens (tertiary/aromatic N) is 2. The monoisotopic (exact) mass is 275 g/mol. The van der Waals surface area contributed by atoms with E-state index in [4.69, 9.17) is 10.5 Å². The molecule has 1 aromatic heterocycles. The van der Waals surface area contributed by atoms with Gasteiger partial charge in [-0.05, 0) is 18.6 Å². The molecule has 0 unspecified atom stereocenters. The number of hydrogen-bond acceptors (Lipinski definition) is 5. The van der Waals surface area contributed by atoms with Crippen LogP contribution in [0.5, 0.6) is 10.9 Å². The van der Waals surface area contributed by atoms with Crippen molar-refractivity contribution in [3.05, 3.63) is 28.8 Å². The van der Waals surface area contributed by atoms with Gasteiger partial charge in [-0.2, -0.15) is 13.2 Å². The van der Waals surface area contributed by atoms with Crippen LogP contribution in [0.15, 0.2) is 18.2 Å². The molecule has 0 aliphatic rings. The Labute approximate surface area is 104 Å². The van der Waals surface area contributed by atoms with Crippen LogP contribution >= 0.6 is 11.3 Å². The van der Waals surface area contributed by atoms with Gasteiger partial charge in [0.2, 0.25) is 5.01 Å². The van der Waals surface area contributed by atoms with E-state index in [0.29, 0.717) is 28.3 Å². The number of aryl methyl sites for hydroxylation is 1. The van der Waals surface area contributed by atoms with E-state index in [9.17, 15) is 13.2 Å². The third-order valence-electron chi connectivity index (χ3n) is 2.08. The summed E-state index contributed by atoms with van der Waals surface area (Å²) in [4.78, 5) is 0. The second kappa shape index (κ2) is 4.45. The molecule has 2 N–H and O–H groups in total. The SMILES string of the molecule is Cc1cccc(N)c1Oc1nnc(C(F)(F)F)s1. The summed E-state index contributed by atoms with van der Waals surface area (Å²) in [6.07, 6.45) is -4.52. The topological polar surface area (TPSA) is 61.0 Å². The zero-order valence-corrected chi connectivity index (χ0v) is 9.97. The highest BCUT2D eigenvalue weighted by molar-refractivity contribution is 7.13. The molecule has 0 radical (unpaired) electrons. The molecule has 8 heteroatoms. The average Bonchev–Trinajstić information content (AvgIpc) is 2.72. The van der Waals surface area contributed by atoms with Gasteiger partial charge in [0, 0.05) is 0 Å². The molecule has 0 bridgehead atoms. The van der Waals surface area contributed by atoms with Gasteiger partial charge < -0.3 is 10.5 Å². The Morgan fingerprint density at radius 1 is 1.28 bits per heavy atom. The second-order valence-electron chi connectivity index (χ2n) is 3.47. The standard InChI is InChI=1S/C10H8F3N3OS/c1-5-3-2-4-6(14)7(5)17-9-16-15-8(18-9)10(11,12)13/h2-4H,14H2,1H3. The van der Waals surface area contributed by atoms with E-state index in [-0.39, 0.29) is 5.19 Å². The van der Waals surface area contributed by atoms with Gasteiger partial charge in [0.15, 0.2) is 5.75 Å². The summed E-state index contributed by atoms with van der Waals surface area (Å²) >= 11 is 0.327. The highest BCUT2D eigenvalue weighted by atomic mass is 32.1. The van der Waals surface area contributed by atoms with Gasteiger partial charge in [-0.15, -0.1) is 5.10 Å². The number of para-hydroxylation sites is 1. The maximum absolute atomic E-state index is 12.3. The van der Waals surface area contributed by atoms with E-state index in [1.807, 2.05) is 0 Å². The van der Waals surface area contributed by atoms with Crippen molar-refractivity contribution in [2.45, 2.75) is 13.1 Å². The molecule has 2 aromatic rings. The predicted octanol–water partition coefficient (Wildman–Crippen LogP) is 3.24. The Morgan fingerprint density at radius 2 is 2.00 bits per heavy atom. The fourth-order valence-electron chi connectivity index (χ4n) is 1.27. The number of nitrogen functional groups attached to an aromatic ring is 1. The third kappa shape index (κ3) is 2.53. The summed E-state index contributed by atoms with van der Waals surface area (Å²) in [5.41, 5.74) is 6.71. The maximum atomic E-state index is 12.3. The number of nitrogens with two attached hydrogens (primary N) is 1. The number of alkyl halides is 3. The second-order valence-corrected chi connectivity index (χ2v) is 4.41. The van der Waals surface area contributed by atoms with Crippen molar-refractivity contribution in [2.75, 3.05) is 5.73 Å². The van der Waals surface area contributed by atoms with Crippen molar-refractivity contribution in [1.29, 1.82) is 0 Å². The van der Waals surface area contributed by atoms with Gasteiger partial charge >= 0.3 is 6.18 Å². The van der Waals surface area contributed by atoms with E-state index in [1.165, 1.54) is 0 Å². The molecular weight excluding hydrogens is 267 g/mol. The zero-order valence-electron chi connectivity index (χ0n) is 9.15. The van der Waals surface area contributed by atoms with Crippen molar-refractivity contribution in [2.24, 2.45) is 0 Å². The molecule has 0 amide bonds. The molecule has 18 heavy (non-hydrogen) atoms. The Kier molecular flexibility index (Phi) is 3.12. The number of aromatic nitrogens is 2. The van der Waals surface area contributed by atoms with E-state index in [1.54, 1.807) is 25.1 Å². The molecule has 96 valence electrons. The molecular formula is C10H8F3N3OS. The number of ether oxygens (including phenoxy) is 1. The van der Waals surface area contributed by atoms with Gasteiger partial charge in [-0.25, -0.2) is 0 Å². The molecule has 0 saturated carbocycles. The summed E-state index contributed by atoms with van der Waals surface area (Å²) in [5, 5.41) is 5.11. The number of benzene rings is 1. The van der Waals surface area contributed by atoms with Crippen molar-refractivity contribution in [3.8, 4) is 10.9 Å². The lowest BCUT2D eigenvalue weighted by molar-refractivity contribution is -0.138. The Balaban J connectivity index is 2.27. The van der Waals surface area contributed by atoms with Gasteiger partial charge in [0.1, 0.15) is 0 Å². The first-order valence-electron chi connectivity index (χ1n) is 4.81. The van der Waals surface area contributed by atoms with Crippen LogP contribution in [-0.2, 0) is 6.18 Å². The molecule has 0 aliphatic carbocycles. The molecule has 0 atom stereocenters. The lowest BCUT2D eigenvalue weighted by atomic mass is 10.2. The molecule has 2 rings (SSSR count). The third-order valence-corrected chi connectivity index (χ3v) is 2.93. The minimum absolute atomic E-state index is 0.191. The molecule has 0 saturated heterocycles. The fourth-order valence-corrected chi connectivity index (χ4v) is 1.84. The lowest BCUT2D eigenvalue weighted by Gasteiger charge is -2.07. The van der Waals surface area contributed by atoms with Crippen molar-refractivity contribution in [3.63, 3.8) is 0 Å². The number of rotatable bonds is 2. The van der Waals surface area contributed by atoms with Crippen LogP contribution in [0.1, 0.15) is 10.6 Å². The number of hydrogen-bond donors (Lipinski definition) is 1. The highest BCUT2D eigenvalue weighted by Crippen LogP contribution is 2.37. The predicted molar refractivity (Wildman–Crippen MR) is 60.6 cm³/mol. The highest BCUT2D eigenvalue weighted by Gasteiger charge is 2.36. The summed E-state index contributed by atoms with van der Waals surface area (Å²) in [5.74, 6) is 0.294. The molecule has 4 nitrogen and oxygen atoms in total. The summed E-state index contributed by atoms with van der Waals surface area (Å²) in [6, 6.07) is 5.05. The van der Waals surface area contributed by atoms with Crippen LogP contribution in [0.25, 0.3) is 0 Å². The Hall–Kier alpha value is -1.83. The number of anilines is 1. The van der Waals surface area contributed by atoms with Crippen LogP contribution in [0.3, 0.4) is 0 Å². The van der Waals surface area contributed by atoms with Gasteiger partial charge in [0.25, 0.3) is 5.19 Å². The summed E-state index contributed by atoms with van der Waals surface area (Å²) in [6.45, 7) is 1.73. The molecule has 0 aliphatic heterocycles. The van der Waals surface area contributed by atoms with Gasteiger partial charge in [0.05, 0.1) is 5.69 Å². The van der Waals surface area contributed by atoms with Crippen LogP contribution in [0.2, 0.25) is 0 Å². The quantitative estimate of drug-likeness (QED) is 0.855. The zero-order chi connectivity index (χ0) is 13.3. The minimum Gasteiger partial charge on any atom is -0.427 e. The smallest absolute Gasteiger partial charge is 0.427 e. The fraction of sp³-hybridized carbons (Fsp3) is 0.200. The van der Waals surface area contributed by atoms with Crippen LogP contribution in [-0.4, -0.2) is 10.2 Å². The van der Waals surface area contributed by atoms with Crippen molar-refractivity contribution in [1.82, 2.24) is 10.2 Å². The largest absolute Gasteiger partial charge is 0.445 e. The normalized spacial score (nSPS) is 11.6.